The fourth-order valence-corrected chi connectivity index (χ4v) is 7.08. The Bertz CT molecular complexity index is 641. The fraction of sp³-hybridized carbons (Fsp3) is 0.762. The molecular formula is C21H28O3. The van der Waals surface area contributed by atoms with Crippen LogP contribution in [0.5, 0.6) is 0 Å². The summed E-state index contributed by atoms with van der Waals surface area (Å²) < 4.78 is 12.4. The summed E-state index contributed by atoms with van der Waals surface area (Å²) in [6.45, 7) is 6.31. The van der Waals surface area contributed by atoms with Gasteiger partial charge < -0.3 is 9.47 Å². The van der Waals surface area contributed by atoms with E-state index < -0.39 is 0 Å². The Morgan fingerprint density at radius 3 is 2.58 bits per heavy atom. The van der Waals surface area contributed by atoms with Crippen LogP contribution in [-0.4, -0.2) is 24.8 Å². The Morgan fingerprint density at radius 1 is 1.04 bits per heavy atom. The highest BCUT2D eigenvalue weighted by molar-refractivity contribution is 6.01. The van der Waals surface area contributed by atoms with E-state index in [0.29, 0.717) is 11.8 Å². The molecule has 5 rings (SSSR count). The molecule has 3 heteroatoms. The molecule has 5 atom stereocenters. The Hall–Kier alpha value is -0.930. The lowest BCUT2D eigenvalue weighted by Crippen LogP contribution is -2.54. The molecule has 1 spiro atoms. The minimum atomic E-state index is -0.308. The van der Waals surface area contributed by atoms with Crippen molar-refractivity contribution in [2.75, 3.05) is 13.2 Å². The lowest BCUT2D eigenvalue weighted by Gasteiger charge is -2.57. The highest BCUT2D eigenvalue weighted by Gasteiger charge is 2.66. The minimum absolute atomic E-state index is 0.0886. The van der Waals surface area contributed by atoms with Crippen LogP contribution in [0.2, 0.25) is 0 Å². The molecule has 1 heterocycles. The van der Waals surface area contributed by atoms with Crippen molar-refractivity contribution >= 4 is 5.78 Å². The zero-order valence-corrected chi connectivity index (χ0v) is 14.8. The predicted octanol–water partition coefficient (Wildman–Crippen LogP) is 4.04. The zero-order chi connectivity index (χ0) is 16.6. The molecule has 0 unspecified atom stereocenters. The average molecular weight is 328 g/mol. The predicted molar refractivity (Wildman–Crippen MR) is 91.3 cm³/mol. The monoisotopic (exact) mass is 328 g/mol. The first kappa shape index (κ1) is 15.3. The smallest absolute Gasteiger partial charge is 0.178 e. The van der Waals surface area contributed by atoms with Gasteiger partial charge in [-0.25, -0.2) is 0 Å². The third-order valence-corrected chi connectivity index (χ3v) is 8.35. The van der Waals surface area contributed by atoms with Gasteiger partial charge in [0, 0.05) is 17.3 Å². The molecular weight excluding hydrogens is 300 g/mol. The molecule has 130 valence electrons. The number of hydrogen-bond donors (Lipinski definition) is 0. The van der Waals surface area contributed by atoms with E-state index in [1.165, 1.54) is 31.3 Å². The van der Waals surface area contributed by atoms with Gasteiger partial charge in [0.2, 0.25) is 0 Å². The number of carbonyl (C=O) groups is 1. The maximum Gasteiger partial charge on any atom is 0.178 e. The van der Waals surface area contributed by atoms with E-state index in [0.717, 1.165) is 32.0 Å². The molecule has 4 fully saturated rings. The zero-order valence-electron chi connectivity index (χ0n) is 14.8. The Labute approximate surface area is 144 Å². The molecule has 24 heavy (non-hydrogen) atoms. The lowest BCUT2D eigenvalue weighted by molar-refractivity contribution is -0.241. The molecule has 0 bridgehead atoms. The molecule has 0 radical (unpaired) electrons. The first-order chi connectivity index (χ1) is 11.5. The van der Waals surface area contributed by atoms with E-state index in [2.05, 4.69) is 19.9 Å². The summed E-state index contributed by atoms with van der Waals surface area (Å²) in [5.74, 6) is 1.96. The van der Waals surface area contributed by atoms with Crippen molar-refractivity contribution in [3.63, 3.8) is 0 Å². The molecule has 0 N–H and O–H groups in total. The van der Waals surface area contributed by atoms with Gasteiger partial charge in [0.1, 0.15) is 0 Å². The number of hydrogen-bond acceptors (Lipinski definition) is 3. The van der Waals surface area contributed by atoms with E-state index in [9.17, 15) is 4.79 Å². The highest BCUT2D eigenvalue weighted by atomic mass is 16.7. The molecule has 0 aromatic carbocycles. The standard InChI is InChI=1S/C21H28O3/c1-19-8-5-15(22)13-14(19)3-4-16-17(19)6-9-20(2)18(16)7-10-21(20)23-11-12-24-21/h5,8,13,16-18H,3-4,6-7,9-12H2,1-2H3/t16-,17+,18+,19+,20-/m1/s1. The number of rotatable bonds is 0. The van der Waals surface area contributed by atoms with Crippen molar-refractivity contribution in [3.05, 3.63) is 23.8 Å². The number of fused-ring (bicyclic) bond motifs is 6. The molecule has 4 aliphatic carbocycles. The molecule has 0 aromatic heterocycles. The number of ether oxygens (including phenoxy) is 2. The molecule has 1 aliphatic heterocycles. The van der Waals surface area contributed by atoms with Crippen molar-refractivity contribution in [2.24, 2.45) is 28.6 Å². The largest absolute Gasteiger partial charge is 0.347 e. The minimum Gasteiger partial charge on any atom is -0.347 e. The Morgan fingerprint density at radius 2 is 1.79 bits per heavy atom. The molecule has 3 saturated carbocycles. The van der Waals surface area contributed by atoms with Crippen LogP contribution in [0.25, 0.3) is 0 Å². The van der Waals surface area contributed by atoms with Crippen molar-refractivity contribution in [2.45, 2.75) is 58.2 Å². The van der Waals surface area contributed by atoms with Gasteiger partial charge >= 0.3 is 0 Å². The fourth-order valence-electron chi connectivity index (χ4n) is 7.08. The average Bonchev–Trinajstić information content (AvgIpc) is 3.15. The number of carbonyl (C=O) groups excluding carboxylic acids is 1. The summed E-state index contributed by atoms with van der Waals surface area (Å²) in [4.78, 5) is 11.8. The quantitative estimate of drug-likeness (QED) is 0.673. The SMILES string of the molecule is C[C@]12C=CC(=O)C=C1CC[C@@H]1[C@@H]2CC[C@]2(C)[C@H]1CCC21OCCO1. The second-order valence-electron chi connectivity index (χ2n) is 9.05. The highest BCUT2D eigenvalue weighted by Crippen LogP contribution is 2.68. The van der Waals surface area contributed by atoms with Gasteiger partial charge in [-0.2, -0.15) is 0 Å². The van der Waals surface area contributed by atoms with Gasteiger partial charge in [-0.15, -0.1) is 0 Å². The molecule has 5 aliphatic rings. The van der Waals surface area contributed by atoms with Crippen LogP contribution in [0.4, 0.5) is 0 Å². The van der Waals surface area contributed by atoms with Gasteiger partial charge in [0.15, 0.2) is 11.6 Å². The summed E-state index contributed by atoms with van der Waals surface area (Å²) in [5.41, 5.74) is 1.63. The van der Waals surface area contributed by atoms with Crippen LogP contribution >= 0.6 is 0 Å². The van der Waals surface area contributed by atoms with Crippen LogP contribution < -0.4 is 0 Å². The van der Waals surface area contributed by atoms with E-state index in [4.69, 9.17) is 9.47 Å². The van der Waals surface area contributed by atoms with Gasteiger partial charge in [-0.3, -0.25) is 4.79 Å². The summed E-state index contributed by atoms with van der Waals surface area (Å²) in [7, 11) is 0. The van der Waals surface area contributed by atoms with Crippen LogP contribution in [-0.2, 0) is 14.3 Å². The Balaban J connectivity index is 1.51. The van der Waals surface area contributed by atoms with Gasteiger partial charge in [0.25, 0.3) is 0 Å². The molecule has 1 saturated heterocycles. The van der Waals surface area contributed by atoms with E-state index in [-0.39, 0.29) is 22.4 Å². The second kappa shape index (κ2) is 4.82. The van der Waals surface area contributed by atoms with Gasteiger partial charge in [-0.05, 0) is 62.0 Å². The lowest BCUT2D eigenvalue weighted by atomic mass is 9.48. The van der Waals surface area contributed by atoms with Crippen molar-refractivity contribution in [1.29, 1.82) is 0 Å². The summed E-state index contributed by atoms with van der Waals surface area (Å²) in [6, 6.07) is 0. The number of ketones is 1. The maximum atomic E-state index is 11.8. The topological polar surface area (TPSA) is 35.5 Å². The first-order valence-electron chi connectivity index (χ1n) is 9.71. The van der Waals surface area contributed by atoms with Crippen molar-refractivity contribution in [3.8, 4) is 0 Å². The van der Waals surface area contributed by atoms with E-state index in [1.54, 1.807) is 6.08 Å². The van der Waals surface area contributed by atoms with Crippen molar-refractivity contribution < 1.29 is 14.3 Å². The second-order valence-corrected chi connectivity index (χ2v) is 9.05. The van der Waals surface area contributed by atoms with E-state index in [1.807, 2.05) is 6.08 Å². The molecule has 0 amide bonds. The van der Waals surface area contributed by atoms with Crippen LogP contribution in [0, 0.1) is 28.6 Å². The van der Waals surface area contributed by atoms with Gasteiger partial charge in [-0.1, -0.05) is 25.5 Å². The van der Waals surface area contributed by atoms with E-state index >= 15 is 0 Å². The third kappa shape index (κ3) is 1.73. The van der Waals surface area contributed by atoms with Crippen LogP contribution in [0.3, 0.4) is 0 Å². The summed E-state index contributed by atoms with van der Waals surface area (Å²) in [5, 5.41) is 0. The third-order valence-electron chi connectivity index (χ3n) is 8.35. The first-order valence-corrected chi connectivity index (χ1v) is 9.71. The summed E-state index contributed by atoms with van der Waals surface area (Å²) in [6.07, 6.45) is 12.9. The maximum absolute atomic E-state index is 11.8. The van der Waals surface area contributed by atoms with Crippen LogP contribution in [0.1, 0.15) is 52.4 Å². The molecule has 3 nitrogen and oxygen atoms in total. The van der Waals surface area contributed by atoms with Crippen LogP contribution in [0.15, 0.2) is 23.8 Å². The number of allylic oxidation sites excluding steroid dienone is 4. The normalized spacial score (nSPS) is 48.8. The van der Waals surface area contributed by atoms with Crippen molar-refractivity contribution in [1.82, 2.24) is 0 Å². The summed E-state index contributed by atoms with van der Waals surface area (Å²) >= 11 is 0. The van der Waals surface area contributed by atoms with Gasteiger partial charge in [0.05, 0.1) is 13.2 Å². The Kier molecular flexibility index (Phi) is 3.08. The molecule has 0 aromatic rings.